The maximum absolute atomic E-state index is 12.5. The molecule has 124 valence electrons. The van der Waals surface area contributed by atoms with E-state index in [9.17, 15) is 4.79 Å². The van der Waals surface area contributed by atoms with E-state index in [1.807, 2.05) is 48.5 Å². The van der Waals surface area contributed by atoms with Crippen molar-refractivity contribution in [2.45, 2.75) is 6.92 Å². The zero-order valence-corrected chi connectivity index (χ0v) is 14.1. The Hall–Kier alpha value is -2.98. The van der Waals surface area contributed by atoms with Crippen molar-refractivity contribution in [2.75, 3.05) is 5.32 Å². The summed E-state index contributed by atoms with van der Waals surface area (Å²) >= 11 is 6.37. The van der Waals surface area contributed by atoms with E-state index < -0.39 is 5.63 Å². The molecule has 0 aliphatic carbocycles. The maximum atomic E-state index is 12.5. The number of anilines is 2. The number of hydrogen-bond donors (Lipinski definition) is 1. The molecule has 2 aromatic carbocycles. The zero-order chi connectivity index (χ0) is 17.4. The van der Waals surface area contributed by atoms with Gasteiger partial charge in [0, 0.05) is 22.3 Å². The zero-order valence-electron chi connectivity index (χ0n) is 13.4. The van der Waals surface area contributed by atoms with E-state index in [0.717, 1.165) is 5.69 Å². The van der Waals surface area contributed by atoms with Crippen molar-refractivity contribution in [1.82, 2.24) is 0 Å². The van der Waals surface area contributed by atoms with Crippen LogP contribution in [0, 0.1) is 6.92 Å². The van der Waals surface area contributed by atoms with Crippen LogP contribution in [-0.2, 0) is 0 Å². The number of halogens is 1. The van der Waals surface area contributed by atoms with Gasteiger partial charge in [0.25, 0.3) is 0 Å². The number of hydrogen-bond acceptors (Lipinski definition) is 4. The molecule has 0 atom stereocenters. The third kappa shape index (κ3) is 2.81. The molecule has 0 unspecified atom stereocenters. The van der Waals surface area contributed by atoms with Gasteiger partial charge in [0.05, 0.1) is 5.56 Å². The van der Waals surface area contributed by atoms with Gasteiger partial charge in [-0.3, -0.25) is 0 Å². The van der Waals surface area contributed by atoms with Crippen LogP contribution in [0.2, 0.25) is 5.02 Å². The standard InChI is InChI=1S/C20H14ClNO3/c1-12-11-16-18(20(23)24-12)17(14-9-5-6-10-15(14)21)19(25-16)22-13-7-3-2-4-8-13/h2-11,22H,1H3. The first-order valence-corrected chi connectivity index (χ1v) is 8.15. The smallest absolute Gasteiger partial charge is 0.347 e. The van der Waals surface area contributed by atoms with Crippen molar-refractivity contribution in [2.24, 2.45) is 0 Å². The van der Waals surface area contributed by atoms with Crippen LogP contribution in [-0.4, -0.2) is 0 Å². The first-order valence-electron chi connectivity index (χ1n) is 7.77. The van der Waals surface area contributed by atoms with Crippen LogP contribution >= 0.6 is 11.6 Å². The molecule has 5 heteroatoms. The fourth-order valence-corrected chi connectivity index (χ4v) is 3.06. The minimum Gasteiger partial charge on any atom is -0.439 e. The number of aryl methyl sites for hydroxylation is 1. The van der Waals surface area contributed by atoms with Gasteiger partial charge in [-0.05, 0) is 25.1 Å². The number of furan rings is 1. The van der Waals surface area contributed by atoms with Gasteiger partial charge in [-0.2, -0.15) is 0 Å². The van der Waals surface area contributed by atoms with E-state index in [1.54, 1.807) is 19.1 Å². The van der Waals surface area contributed by atoms with Crippen molar-refractivity contribution in [3.63, 3.8) is 0 Å². The SMILES string of the molecule is Cc1cc2oc(Nc3ccccc3)c(-c3ccccc3Cl)c2c(=O)o1. The largest absolute Gasteiger partial charge is 0.439 e. The molecule has 0 amide bonds. The highest BCUT2D eigenvalue weighted by atomic mass is 35.5. The first kappa shape index (κ1) is 15.5. The van der Waals surface area contributed by atoms with Crippen LogP contribution in [0.3, 0.4) is 0 Å². The Morgan fingerprint density at radius 3 is 2.44 bits per heavy atom. The van der Waals surface area contributed by atoms with E-state index in [-0.39, 0.29) is 0 Å². The van der Waals surface area contributed by atoms with Crippen molar-refractivity contribution in [3.8, 4) is 11.1 Å². The lowest BCUT2D eigenvalue weighted by Gasteiger charge is -2.07. The third-order valence-electron chi connectivity index (χ3n) is 3.90. The van der Waals surface area contributed by atoms with E-state index in [4.69, 9.17) is 20.4 Å². The highest BCUT2D eigenvalue weighted by Gasteiger charge is 2.22. The summed E-state index contributed by atoms with van der Waals surface area (Å²) in [6, 6.07) is 18.6. The van der Waals surface area contributed by atoms with Crippen molar-refractivity contribution < 1.29 is 8.83 Å². The summed E-state index contributed by atoms with van der Waals surface area (Å²) in [5.74, 6) is 0.940. The molecule has 0 fully saturated rings. The van der Waals surface area contributed by atoms with E-state index in [1.165, 1.54) is 0 Å². The Balaban J connectivity index is 2.02. The summed E-state index contributed by atoms with van der Waals surface area (Å²) in [5, 5.41) is 4.13. The minimum absolute atomic E-state index is 0.372. The molecule has 25 heavy (non-hydrogen) atoms. The Kier molecular flexibility index (Phi) is 3.82. The van der Waals surface area contributed by atoms with Gasteiger partial charge < -0.3 is 14.2 Å². The van der Waals surface area contributed by atoms with Crippen LogP contribution < -0.4 is 10.9 Å². The quantitative estimate of drug-likeness (QED) is 0.510. The molecule has 1 N–H and O–H groups in total. The maximum Gasteiger partial charge on any atom is 0.347 e. The number of para-hydroxylation sites is 1. The van der Waals surface area contributed by atoms with Crippen molar-refractivity contribution in [1.29, 1.82) is 0 Å². The van der Waals surface area contributed by atoms with Gasteiger partial charge in [0.2, 0.25) is 5.88 Å². The molecular weight excluding hydrogens is 338 g/mol. The molecular formula is C20H14ClNO3. The van der Waals surface area contributed by atoms with Gasteiger partial charge in [-0.1, -0.05) is 48.0 Å². The summed E-state index contributed by atoms with van der Waals surface area (Å²) in [4.78, 5) is 12.5. The van der Waals surface area contributed by atoms with Crippen LogP contribution in [0.5, 0.6) is 0 Å². The average Bonchev–Trinajstić information content (AvgIpc) is 2.94. The lowest BCUT2D eigenvalue weighted by molar-refractivity contribution is 0.485. The highest BCUT2D eigenvalue weighted by molar-refractivity contribution is 6.34. The summed E-state index contributed by atoms with van der Waals surface area (Å²) in [6.07, 6.45) is 0. The lowest BCUT2D eigenvalue weighted by atomic mass is 10.0. The fraction of sp³-hybridized carbons (Fsp3) is 0.0500. The molecule has 0 aliphatic rings. The molecule has 2 aromatic heterocycles. The van der Waals surface area contributed by atoms with Crippen molar-refractivity contribution in [3.05, 3.63) is 81.9 Å². The number of fused-ring (bicyclic) bond motifs is 1. The molecule has 2 heterocycles. The molecule has 4 aromatic rings. The van der Waals surface area contributed by atoms with Gasteiger partial charge in [0.1, 0.15) is 16.7 Å². The van der Waals surface area contributed by atoms with E-state index in [2.05, 4.69) is 5.32 Å². The normalized spacial score (nSPS) is 11.0. The second-order valence-electron chi connectivity index (χ2n) is 5.66. The molecule has 0 bridgehead atoms. The second-order valence-corrected chi connectivity index (χ2v) is 6.07. The monoisotopic (exact) mass is 351 g/mol. The van der Waals surface area contributed by atoms with Crippen LogP contribution in [0.25, 0.3) is 22.1 Å². The van der Waals surface area contributed by atoms with Crippen LogP contribution in [0.1, 0.15) is 5.76 Å². The second kappa shape index (κ2) is 6.15. The van der Waals surface area contributed by atoms with Gasteiger partial charge in [-0.25, -0.2) is 4.79 Å². The lowest BCUT2D eigenvalue weighted by Crippen LogP contribution is -2.00. The van der Waals surface area contributed by atoms with Crippen LogP contribution in [0.15, 0.2) is 74.3 Å². The molecule has 0 spiro atoms. The number of benzene rings is 2. The average molecular weight is 352 g/mol. The Morgan fingerprint density at radius 1 is 0.960 bits per heavy atom. The van der Waals surface area contributed by atoms with Crippen LogP contribution in [0.4, 0.5) is 11.6 Å². The Morgan fingerprint density at radius 2 is 1.68 bits per heavy atom. The van der Waals surface area contributed by atoms with Gasteiger partial charge in [0.15, 0.2) is 0 Å². The molecule has 4 rings (SSSR count). The summed E-state index contributed by atoms with van der Waals surface area (Å²) in [7, 11) is 0. The third-order valence-corrected chi connectivity index (χ3v) is 4.23. The predicted octanol–water partition coefficient (Wildman–Crippen LogP) is 5.76. The summed E-state index contributed by atoms with van der Waals surface area (Å²) in [5.41, 5.74) is 2.16. The van der Waals surface area contributed by atoms with Crippen molar-refractivity contribution >= 4 is 34.1 Å². The summed E-state index contributed by atoms with van der Waals surface area (Å²) < 4.78 is 11.2. The molecule has 4 nitrogen and oxygen atoms in total. The molecule has 0 aliphatic heterocycles. The molecule has 0 saturated carbocycles. The van der Waals surface area contributed by atoms with E-state index >= 15 is 0 Å². The highest BCUT2D eigenvalue weighted by Crippen LogP contribution is 2.41. The fourth-order valence-electron chi connectivity index (χ4n) is 2.83. The van der Waals surface area contributed by atoms with E-state index in [0.29, 0.717) is 38.8 Å². The Labute approximate surface area is 148 Å². The topological polar surface area (TPSA) is 55.4 Å². The summed E-state index contributed by atoms with van der Waals surface area (Å²) in [6.45, 7) is 1.71. The molecule has 0 saturated heterocycles. The minimum atomic E-state index is -0.449. The number of nitrogens with one attached hydrogen (secondary N) is 1. The predicted molar refractivity (Wildman–Crippen MR) is 99.7 cm³/mol. The van der Waals surface area contributed by atoms with Gasteiger partial charge in [-0.15, -0.1) is 0 Å². The molecule has 0 radical (unpaired) electrons. The van der Waals surface area contributed by atoms with Gasteiger partial charge >= 0.3 is 5.63 Å². The Bertz CT molecular complexity index is 1110. The number of rotatable bonds is 3. The first-order chi connectivity index (χ1) is 12.1.